The van der Waals surface area contributed by atoms with Gasteiger partial charge in [-0.25, -0.2) is 4.39 Å². The molecule has 0 saturated carbocycles. The maximum absolute atomic E-state index is 13.0. The first-order valence-corrected chi connectivity index (χ1v) is 6.72. The molecule has 0 spiro atoms. The first-order chi connectivity index (χ1) is 9.99. The molecule has 2 aromatic rings. The number of carbonyl (C=O) groups excluding carboxylic acids is 1. The molecule has 1 unspecified atom stereocenters. The van der Waals surface area contributed by atoms with Crippen molar-refractivity contribution in [2.75, 3.05) is 13.6 Å². The maximum Gasteiger partial charge on any atom is 0.257 e. The lowest BCUT2D eigenvalue weighted by molar-refractivity contribution is 0.0770. The normalized spacial score (nSPS) is 12.2. The topological polar surface area (TPSA) is 69.2 Å². The molecule has 21 heavy (non-hydrogen) atoms. The second kappa shape index (κ2) is 6.49. The van der Waals surface area contributed by atoms with Gasteiger partial charge in [-0.2, -0.15) is 5.10 Å². The second-order valence-electron chi connectivity index (χ2n) is 5.03. The van der Waals surface area contributed by atoms with E-state index in [9.17, 15) is 14.3 Å². The van der Waals surface area contributed by atoms with Crippen LogP contribution < -0.4 is 0 Å². The molecular weight excluding hydrogens is 273 g/mol. The summed E-state index contributed by atoms with van der Waals surface area (Å²) in [6.07, 6.45) is 1.51. The van der Waals surface area contributed by atoms with Crippen molar-refractivity contribution in [3.63, 3.8) is 0 Å². The summed E-state index contributed by atoms with van der Waals surface area (Å²) in [5.41, 5.74) is 1.68. The molecule has 0 aliphatic carbocycles. The third kappa shape index (κ3) is 3.66. The summed E-state index contributed by atoms with van der Waals surface area (Å²) in [5, 5.41) is 16.0. The molecular formula is C15H18FN3O2. The number of aromatic nitrogens is 2. The van der Waals surface area contributed by atoms with E-state index in [-0.39, 0.29) is 11.7 Å². The number of benzene rings is 1. The zero-order valence-electron chi connectivity index (χ0n) is 12.0. The molecule has 1 amide bonds. The van der Waals surface area contributed by atoms with Crippen LogP contribution in [-0.2, 0) is 0 Å². The molecule has 1 heterocycles. The van der Waals surface area contributed by atoms with Crippen LogP contribution in [0.3, 0.4) is 0 Å². The van der Waals surface area contributed by atoms with E-state index >= 15 is 0 Å². The molecule has 0 fully saturated rings. The van der Waals surface area contributed by atoms with Gasteiger partial charge in [0.25, 0.3) is 5.91 Å². The Morgan fingerprint density at radius 2 is 2.10 bits per heavy atom. The Kier molecular flexibility index (Phi) is 4.70. The molecule has 1 aromatic heterocycles. The molecule has 1 atom stereocenters. The minimum Gasteiger partial charge on any atom is -0.393 e. The van der Waals surface area contributed by atoms with Gasteiger partial charge >= 0.3 is 0 Å². The number of H-pyrrole nitrogens is 1. The number of halogens is 1. The highest BCUT2D eigenvalue weighted by Crippen LogP contribution is 2.22. The van der Waals surface area contributed by atoms with Crippen molar-refractivity contribution in [1.82, 2.24) is 15.1 Å². The van der Waals surface area contributed by atoms with Gasteiger partial charge in [0.1, 0.15) is 5.82 Å². The highest BCUT2D eigenvalue weighted by atomic mass is 19.1. The number of aromatic amines is 1. The van der Waals surface area contributed by atoms with Crippen molar-refractivity contribution >= 4 is 5.91 Å². The van der Waals surface area contributed by atoms with Gasteiger partial charge in [0.05, 0.1) is 23.6 Å². The molecule has 5 nitrogen and oxygen atoms in total. The third-order valence-electron chi connectivity index (χ3n) is 3.23. The molecule has 1 aromatic carbocycles. The lowest BCUT2D eigenvalue weighted by Gasteiger charge is -2.18. The number of hydrogen-bond acceptors (Lipinski definition) is 3. The van der Waals surface area contributed by atoms with Crippen LogP contribution in [0.15, 0.2) is 30.5 Å². The van der Waals surface area contributed by atoms with E-state index in [0.29, 0.717) is 29.8 Å². The summed E-state index contributed by atoms with van der Waals surface area (Å²) >= 11 is 0. The Morgan fingerprint density at radius 3 is 2.71 bits per heavy atom. The minimum atomic E-state index is -0.457. The van der Waals surface area contributed by atoms with E-state index in [4.69, 9.17) is 0 Å². The van der Waals surface area contributed by atoms with Crippen LogP contribution in [0.5, 0.6) is 0 Å². The number of nitrogens with one attached hydrogen (secondary N) is 1. The predicted molar refractivity (Wildman–Crippen MR) is 77.2 cm³/mol. The zero-order valence-corrected chi connectivity index (χ0v) is 12.0. The van der Waals surface area contributed by atoms with Gasteiger partial charge < -0.3 is 10.0 Å². The van der Waals surface area contributed by atoms with Crippen molar-refractivity contribution in [3.05, 3.63) is 41.8 Å². The van der Waals surface area contributed by atoms with E-state index in [1.807, 2.05) is 0 Å². The summed E-state index contributed by atoms with van der Waals surface area (Å²) in [5.74, 6) is -0.524. The summed E-state index contributed by atoms with van der Waals surface area (Å²) < 4.78 is 13.0. The number of amides is 1. The highest BCUT2D eigenvalue weighted by molar-refractivity contribution is 5.99. The molecule has 0 saturated heterocycles. The van der Waals surface area contributed by atoms with Gasteiger partial charge in [-0.1, -0.05) is 0 Å². The Hall–Kier alpha value is -2.21. The average Bonchev–Trinajstić information content (AvgIpc) is 2.94. The maximum atomic E-state index is 13.0. The minimum absolute atomic E-state index is 0.191. The Bertz CT molecular complexity index is 608. The van der Waals surface area contributed by atoms with E-state index in [1.54, 1.807) is 26.1 Å². The van der Waals surface area contributed by atoms with Crippen LogP contribution in [0, 0.1) is 5.82 Å². The van der Waals surface area contributed by atoms with Crippen molar-refractivity contribution in [1.29, 1.82) is 0 Å². The van der Waals surface area contributed by atoms with E-state index in [2.05, 4.69) is 10.2 Å². The van der Waals surface area contributed by atoms with Crippen LogP contribution in [-0.4, -0.2) is 45.8 Å². The summed E-state index contributed by atoms with van der Waals surface area (Å²) in [4.78, 5) is 13.9. The zero-order chi connectivity index (χ0) is 15.4. The third-order valence-corrected chi connectivity index (χ3v) is 3.23. The van der Waals surface area contributed by atoms with Gasteiger partial charge in [0.15, 0.2) is 0 Å². The lowest BCUT2D eigenvalue weighted by atomic mass is 10.1. The number of carbonyl (C=O) groups is 1. The van der Waals surface area contributed by atoms with Crippen molar-refractivity contribution in [2.24, 2.45) is 0 Å². The molecule has 2 rings (SSSR count). The second-order valence-corrected chi connectivity index (χ2v) is 5.03. The fraction of sp³-hybridized carbons (Fsp3) is 0.333. The molecule has 0 aliphatic heterocycles. The van der Waals surface area contributed by atoms with E-state index in [0.717, 1.165) is 0 Å². The first-order valence-electron chi connectivity index (χ1n) is 6.72. The van der Waals surface area contributed by atoms with Crippen LogP contribution in [0.2, 0.25) is 0 Å². The number of nitrogens with zero attached hydrogens (tertiary/aromatic N) is 2. The van der Waals surface area contributed by atoms with Gasteiger partial charge in [0, 0.05) is 19.2 Å². The summed E-state index contributed by atoms with van der Waals surface area (Å²) in [6, 6.07) is 5.86. The van der Waals surface area contributed by atoms with Crippen molar-refractivity contribution < 1.29 is 14.3 Å². The number of rotatable bonds is 5. The quantitative estimate of drug-likeness (QED) is 0.886. The van der Waals surface area contributed by atoms with Gasteiger partial charge in [0.2, 0.25) is 0 Å². The van der Waals surface area contributed by atoms with Crippen LogP contribution in [0.4, 0.5) is 4.39 Å². The van der Waals surface area contributed by atoms with Crippen LogP contribution in [0.1, 0.15) is 23.7 Å². The van der Waals surface area contributed by atoms with Crippen LogP contribution in [0.25, 0.3) is 11.3 Å². The SMILES string of the molecule is CC(O)CCN(C)C(=O)c1cn[nH]c1-c1ccc(F)cc1. The van der Waals surface area contributed by atoms with Gasteiger partial charge in [-0.15, -0.1) is 0 Å². The fourth-order valence-electron chi connectivity index (χ4n) is 1.97. The van der Waals surface area contributed by atoms with E-state index < -0.39 is 6.10 Å². The van der Waals surface area contributed by atoms with Crippen LogP contribution >= 0.6 is 0 Å². The average molecular weight is 291 g/mol. The molecule has 0 radical (unpaired) electrons. The largest absolute Gasteiger partial charge is 0.393 e. The van der Waals surface area contributed by atoms with Gasteiger partial charge in [-0.05, 0) is 37.6 Å². The molecule has 2 N–H and O–H groups in total. The lowest BCUT2D eigenvalue weighted by Crippen LogP contribution is -2.29. The van der Waals surface area contributed by atoms with Crippen molar-refractivity contribution in [2.45, 2.75) is 19.4 Å². The smallest absolute Gasteiger partial charge is 0.257 e. The highest BCUT2D eigenvalue weighted by Gasteiger charge is 2.19. The number of hydrogen-bond donors (Lipinski definition) is 2. The molecule has 0 bridgehead atoms. The van der Waals surface area contributed by atoms with Crippen molar-refractivity contribution in [3.8, 4) is 11.3 Å². The van der Waals surface area contributed by atoms with Gasteiger partial charge in [-0.3, -0.25) is 9.89 Å². The monoisotopic (exact) mass is 291 g/mol. The Morgan fingerprint density at radius 1 is 1.43 bits per heavy atom. The number of aliphatic hydroxyl groups is 1. The Labute approximate surface area is 122 Å². The molecule has 6 heteroatoms. The molecule has 0 aliphatic rings. The van der Waals surface area contributed by atoms with E-state index in [1.165, 1.54) is 23.2 Å². The molecule has 112 valence electrons. The summed E-state index contributed by atoms with van der Waals surface area (Å²) in [6.45, 7) is 2.13. The summed E-state index contributed by atoms with van der Waals surface area (Å²) in [7, 11) is 1.67. The first kappa shape index (κ1) is 15.2. The fourth-order valence-corrected chi connectivity index (χ4v) is 1.97. The standard InChI is InChI=1S/C15H18FN3O2/c1-10(20)7-8-19(2)15(21)13-9-17-18-14(13)11-3-5-12(16)6-4-11/h3-6,9-10,20H,7-8H2,1-2H3,(H,17,18). The number of aliphatic hydroxyl groups excluding tert-OH is 1. The predicted octanol–water partition coefficient (Wildman–Crippen LogP) is 2.06. The Balaban J connectivity index is 2.19.